The Morgan fingerprint density at radius 3 is 1.72 bits per heavy atom. The van der Waals surface area contributed by atoms with Crippen molar-refractivity contribution in [3.05, 3.63) is 83.4 Å². The lowest BCUT2D eigenvalue weighted by Gasteiger charge is -2.39. The maximum atomic E-state index is 13.3. The third-order valence-corrected chi connectivity index (χ3v) is 8.06. The lowest BCUT2D eigenvalue weighted by Crippen LogP contribution is -2.46. The van der Waals surface area contributed by atoms with Crippen molar-refractivity contribution in [2.24, 2.45) is 5.41 Å². The second kappa shape index (κ2) is 14.3. The van der Waals surface area contributed by atoms with Gasteiger partial charge in [0.1, 0.15) is 35.2 Å². The molecule has 0 aliphatic carbocycles. The normalized spacial score (nSPS) is 18.9. The van der Waals surface area contributed by atoms with Gasteiger partial charge >= 0.3 is 17.9 Å². The predicted molar refractivity (Wildman–Crippen MR) is 163 cm³/mol. The van der Waals surface area contributed by atoms with Crippen molar-refractivity contribution < 1.29 is 52.3 Å². The summed E-state index contributed by atoms with van der Waals surface area (Å²) in [5, 5.41) is 0. The minimum Gasteiger partial charge on any atom is -0.493 e. The zero-order valence-corrected chi connectivity index (χ0v) is 25.6. The van der Waals surface area contributed by atoms with Crippen LogP contribution in [-0.2, 0) is 18.9 Å². The maximum Gasteiger partial charge on any atom is 0.343 e. The fourth-order valence-electron chi connectivity index (χ4n) is 4.68. The van der Waals surface area contributed by atoms with Crippen LogP contribution in [0.1, 0.15) is 57.3 Å². The molecule has 3 aromatic carbocycles. The Morgan fingerprint density at radius 1 is 0.717 bits per heavy atom. The van der Waals surface area contributed by atoms with E-state index in [0.29, 0.717) is 43.5 Å². The number of carbonyl (C=O) groups excluding carboxylic acids is 3. The Kier molecular flexibility index (Phi) is 9.82. The molecule has 0 spiro atoms. The molecule has 3 aliphatic heterocycles. The highest BCUT2D eigenvalue weighted by atomic mass is 16.6. The van der Waals surface area contributed by atoms with Gasteiger partial charge in [0.05, 0.1) is 68.4 Å². The molecule has 0 radical (unpaired) electrons. The summed E-state index contributed by atoms with van der Waals surface area (Å²) in [6, 6.07) is 17.3. The minimum absolute atomic E-state index is 0.0342. The van der Waals surface area contributed by atoms with Gasteiger partial charge in [-0.2, -0.15) is 0 Å². The van der Waals surface area contributed by atoms with Crippen molar-refractivity contribution in [1.82, 2.24) is 0 Å². The van der Waals surface area contributed by atoms with E-state index in [1.165, 1.54) is 18.2 Å². The van der Waals surface area contributed by atoms with Crippen molar-refractivity contribution in [3.63, 3.8) is 0 Å². The molecule has 46 heavy (non-hydrogen) atoms. The van der Waals surface area contributed by atoms with Crippen molar-refractivity contribution >= 4 is 17.9 Å². The van der Waals surface area contributed by atoms with Gasteiger partial charge in [-0.25, -0.2) is 14.4 Å². The quantitative estimate of drug-likeness (QED) is 0.119. The molecule has 0 bridgehead atoms. The third kappa shape index (κ3) is 8.42. The van der Waals surface area contributed by atoms with Crippen LogP contribution in [0.3, 0.4) is 0 Å². The lowest BCUT2D eigenvalue weighted by atomic mass is 9.84. The lowest BCUT2D eigenvalue weighted by molar-refractivity contribution is -0.140. The van der Waals surface area contributed by atoms with E-state index < -0.39 is 17.9 Å². The van der Waals surface area contributed by atoms with Crippen LogP contribution in [0.5, 0.6) is 23.0 Å². The standard InChI is InChI=1S/C35H36O11/c1-2-35(20-39-21-35)22-44-34(38)30-17-27(45-32(36)23-3-7-25(8-4-23)40-15-13-28-18-42-28)11-12-31(30)46-33(37)24-5-9-26(10-6-24)41-16-14-29-19-43-29/h3-12,17,28-29H,2,13-16,18-22H2,1H3. The molecule has 3 aromatic rings. The predicted octanol–water partition coefficient (Wildman–Crippen LogP) is 5.04. The van der Waals surface area contributed by atoms with Gasteiger partial charge in [0.2, 0.25) is 0 Å². The number of carbonyl (C=O) groups is 3. The highest BCUT2D eigenvalue weighted by Gasteiger charge is 2.38. The molecule has 11 nitrogen and oxygen atoms in total. The number of epoxide rings is 2. The molecule has 0 saturated carbocycles. The monoisotopic (exact) mass is 632 g/mol. The van der Waals surface area contributed by atoms with Crippen molar-refractivity contribution in [2.75, 3.05) is 46.2 Å². The summed E-state index contributed by atoms with van der Waals surface area (Å²) in [7, 11) is 0. The first-order valence-corrected chi connectivity index (χ1v) is 15.4. The summed E-state index contributed by atoms with van der Waals surface area (Å²) in [6.45, 7) is 5.69. The van der Waals surface area contributed by atoms with Gasteiger partial charge < -0.3 is 37.9 Å². The second-order valence-corrected chi connectivity index (χ2v) is 11.6. The Morgan fingerprint density at radius 2 is 1.24 bits per heavy atom. The number of esters is 3. The smallest absolute Gasteiger partial charge is 0.343 e. The molecule has 2 unspecified atom stereocenters. The van der Waals surface area contributed by atoms with Crippen molar-refractivity contribution in [2.45, 2.75) is 38.4 Å². The first-order valence-electron chi connectivity index (χ1n) is 15.4. The molecule has 3 fully saturated rings. The van der Waals surface area contributed by atoms with Crippen LogP contribution in [0.25, 0.3) is 0 Å². The van der Waals surface area contributed by atoms with Crippen molar-refractivity contribution in [1.29, 1.82) is 0 Å². The molecule has 11 heteroatoms. The fraction of sp³-hybridized carbons (Fsp3) is 0.400. The topological polar surface area (TPSA) is 132 Å². The highest BCUT2D eigenvalue weighted by Crippen LogP contribution is 2.33. The average molecular weight is 633 g/mol. The second-order valence-electron chi connectivity index (χ2n) is 11.6. The molecule has 3 heterocycles. The summed E-state index contributed by atoms with van der Waals surface area (Å²) in [6.07, 6.45) is 2.93. The number of rotatable bonds is 16. The van der Waals surface area contributed by atoms with Crippen molar-refractivity contribution in [3.8, 4) is 23.0 Å². The fourth-order valence-corrected chi connectivity index (χ4v) is 4.68. The van der Waals surface area contributed by atoms with Crippen LogP contribution in [0, 0.1) is 5.41 Å². The van der Waals surface area contributed by atoms with Crippen LogP contribution < -0.4 is 18.9 Å². The molecule has 3 aliphatic rings. The zero-order chi connectivity index (χ0) is 31.9. The SMILES string of the molecule is CCC1(COC(=O)c2cc(OC(=O)c3ccc(OCCC4CO4)cc3)ccc2OC(=O)c2ccc(OCCC3CO3)cc2)COC1. The van der Waals surface area contributed by atoms with Crippen LogP contribution >= 0.6 is 0 Å². The van der Waals surface area contributed by atoms with E-state index in [-0.39, 0.29) is 46.9 Å². The van der Waals surface area contributed by atoms with Gasteiger partial charge in [0.25, 0.3) is 0 Å². The van der Waals surface area contributed by atoms with Crippen LogP contribution in [0.4, 0.5) is 0 Å². The average Bonchev–Trinajstić information content (AvgIpc) is 3.99. The minimum atomic E-state index is -0.720. The Balaban J connectivity index is 1.12. The molecule has 6 rings (SSSR count). The van der Waals surface area contributed by atoms with Gasteiger partial charge in [-0.15, -0.1) is 0 Å². The number of hydrogen-bond acceptors (Lipinski definition) is 11. The van der Waals surface area contributed by atoms with E-state index in [2.05, 4.69) is 0 Å². The summed E-state index contributed by atoms with van der Waals surface area (Å²) in [5.74, 6) is -0.748. The van der Waals surface area contributed by atoms with E-state index in [1.807, 2.05) is 6.92 Å². The zero-order valence-electron chi connectivity index (χ0n) is 25.6. The van der Waals surface area contributed by atoms with E-state index in [9.17, 15) is 14.4 Å². The number of hydrogen-bond donors (Lipinski definition) is 0. The highest BCUT2D eigenvalue weighted by molar-refractivity contribution is 5.97. The van der Waals surface area contributed by atoms with E-state index in [0.717, 1.165) is 32.5 Å². The van der Waals surface area contributed by atoms with Crippen LogP contribution in [0.15, 0.2) is 66.7 Å². The Bertz CT molecular complexity index is 1520. The van der Waals surface area contributed by atoms with Gasteiger partial charge in [0.15, 0.2) is 0 Å². The largest absolute Gasteiger partial charge is 0.493 e. The van der Waals surface area contributed by atoms with Crippen LogP contribution in [-0.4, -0.2) is 76.4 Å². The van der Waals surface area contributed by atoms with E-state index in [1.54, 1.807) is 48.5 Å². The molecule has 242 valence electrons. The molecule has 0 amide bonds. The summed E-state index contributed by atoms with van der Waals surface area (Å²) < 4.78 is 43.9. The molecular weight excluding hydrogens is 596 g/mol. The Labute approximate surface area is 266 Å². The number of ether oxygens (including phenoxy) is 8. The molecular formula is C35H36O11. The van der Waals surface area contributed by atoms with Gasteiger partial charge in [-0.3, -0.25) is 0 Å². The molecule has 3 saturated heterocycles. The molecule has 2 atom stereocenters. The third-order valence-electron chi connectivity index (χ3n) is 8.06. The number of benzene rings is 3. The first-order chi connectivity index (χ1) is 22.4. The van der Waals surface area contributed by atoms with E-state index in [4.69, 9.17) is 37.9 Å². The summed E-state index contributed by atoms with van der Waals surface area (Å²) >= 11 is 0. The summed E-state index contributed by atoms with van der Waals surface area (Å²) in [4.78, 5) is 39.3. The van der Waals surface area contributed by atoms with Gasteiger partial charge in [-0.1, -0.05) is 6.92 Å². The first kappa shape index (κ1) is 31.5. The summed E-state index contributed by atoms with van der Waals surface area (Å²) in [5.41, 5.74) is 0.238. The van der Waals surface area contributed by atoms with Crippen LogP contribution in [0.2, 0.25) is 0 Å². The maximum absolute atomic E-state index is 13.3. The van der Waals surface area contributed by atoms with E-state index >= 15 is 0 Å². The molecule has 0 aromatic heterocycles. The Hall–Kier alpha value is -4.45. The van der Waals surface area contributed by atoms with Gasteiger partial charge in [-0.05, 0) is 73.2 Å². The molecule has 0 N–H and O–H groups in total. The van der Waals surface area contributed by atoms with Gasteiger partial charge in [0, 0.05) is 12.8 Å².